The molecule has 0 unspecified atom stereocenters. The summed E-state index contributed by atoms with van der Waals surface area (Å²) in [6.07, 6.45) is 4.31. The molecule has 0 amide bonds. The molecule has 0 aliphatic rings. The van der Waals surface area contributed by atoms with Crippen molar-refractivity contribution in [3.05, 3.63) is 35.4 Å². The molecule has 2 aromatic rings. The summed E-state index contributed by atoms with van der Waals surface area (Å²) in [5.74, 6) is 2.22. The lowest BCUT2D eigenvalue weighted by Gasteiger charge is -2.06. The average molecular weight is 284 g/mol. The van der Waals surface area contributed by atoms with E-state index in [2.05, 4.69) is 22.2 Å². The van der Waals surface area contributed by atoms with Crippen LogP contribution >= 0.6 is 23.4 Å². The summed E-state index contributed by atoms with van der Waals surface area (Å²) >= 11 is 7.60. The molecular formula is C12H14ClN3OS. The number of furan rings is 1. The predicted octanol–water partition coefficient (Wildman–Crippen LogP) is 3.84. The van der Waals surface area contributed by atoms with Crippen LogP contribution in [0.25, 0.3) is 0 Å². The van der Waals surface area contributed by atoms with Crippen LogP contribution in [0.1, 0.15) is 19.1 Å². The summed E-state index contributed by atoms with van der Waals surface area (Å²) in [6.45, 7) is 2.94. The first-order valence-corrected chi connectivity index (χ1v) is 7.07. The van der Waals surface area contributed by atoms with Gasteiger partial charge in [-0.25, -0.2) is 9.97 Å². The SMILES string of the molecule is CCCNc1ncc(Cl)c(SCc2ccco2)n1. The quantitative estimate of drug-likeness (QED) is 0.645. The van der Waals surface area contributed by atoms with Gasteiger partial charge in [0, 0.05) is 6.54 Å². The fraction of sp³-hybridized carbons (Fsp3) is 0.333. The summed E-state index contributed by atoms with van der Waals surface area (Å²) < 4.78 is 5.27. The van der Waals surface area contributed by atoms with E-state index in [1.807, 2.05) is 12.1 Å². The number of halogens is 1. The molecule has 18 heavy (non-hydrogen) atoms. The first kappa shape index (κ1) is 13.2. The van der Waals surface area contributed by atoms with E-state index in [9.17, 15) is 0 Å². The molecule has 0 atom stereocenters. The standard InChI is InChI=1S/C12H14ClN3OS/c1-2-5-14-12-15-7-10(13)11(16-12)18-8-9-4-3-6-17-9/h3-4,6-7H,2,5,8H2,1H3,(H,14,15,16). The number of aromatic nitrogens is 2. The third-order valence-corrected chi connectivity index (χ3v) is 3.58. The summed E-state index contributed by atoms with van der Waals surface area (Å²) in [5.41, 5.74) is 0. The van der Waals surface area contributed by atoms with E-state index in [1.165, 1.54) is 11.8 Å². The molecule has 0 spiro atoms. The van der Waals surface area contributed by atoms with Crippen molar-refractivity contribution in [2.75, 3.05) is 11.9 Å². The topological polar surface area (TPSA) is 51.0 Å². The van der Waals surface area contributed by atoms with Crippen molar-refractivity contribution in [1.82, 2.24) is 9.97 Å². The Morgan fingerprint density at radius 2 is 2.39 bits per heavy atom. The van der Waals surface area contributed by atoms with E-state index in [-0.39, 0.29) is 0 Å². The second-order valence-electron chi connectivity index (χ2n) is 3.64. The second-order valence-corrected chi connectivity index (χ2v) is 5.01. The molecule has 0 aliphatic carbocycles. The van der Waals surface area contributed by atoms with Crippen LogP contribution < -0.4 is 5.32 Å². The van der Waals surface area contributed by atoms with Gasteiger partial charge >= 0.3 is 0 Å². The van der Waals surface area contributed by atoms with Crippen molar-refractivity contribution >= 4 is 29.3 Å². The lowest BCUT2D eigenvalue weighted by Crippen LogP contribution is -2.04. The van der Waals surface area contributed by atoms with Crippen LogP contribution in [-0.2, 0) is 5.75 Å². The van der Waals surface area contributed by atoms with Gasteiger partial charge < -0.3 is 9.73 Å². The van der Waals surface area contributed by atoms with Crippen LogP contribution in [0.4, 0.5) is 5.95 Å². The molecule has 0 aromatic carbocycles. The van der Waals surface area contributed by atoms with Crippen molar-refractivity contribution in [3.8, 4) is 0 Å². The Hall–Kier alpha value is -1.20. The lowest BCUT2D eigenvalue weighted by molar-refractivity contribution is 0.530. The zero-order valence-corrected chi connectivity index (χ0v) is 11.6. The second kappa shape index (κ2) is 6.66. The third-order valence-electron chi connectivity index (χ3n) is 2.18. The number of rotatable bonds is 6. The molecule has 2 heterocycles. The van der Waals surface area contributed by atoms with Crippen LogP contribution in [0.2, 0.25) is 5.02 Å². The smallest absolute Gasteiger partial charge is 0.223 e. The molecule has 2 aromatic heterocycles. The first-order chi connectivity index (χ1) is 8.79. The maximum Gasteiger partial charge on any atom is 0.223 e. The summed E-state index contributed by atoms with van der Waals surface area (Å²) in [6, 6.07) is 3.80. The van der Waals surface area contributed by atoms with Crippen molar-refractivity contribution in [3.63, 3.8) is 0 Å². The van der Waals surface area contributed by atoms with Gasteiger partial charge in [-0.05, 0) is 18.6 Å². The Morgan fingerprint density at radius 3 is 3.11 bits per heavy atom. The minimum absolute atomic E-state index is 0.564. The molecule has 0 fully saturated rings. The zero-order chi connectivity index (χ0) is 12.8. The molecule has 4 nitrogen and oxygen atoms in total. The highest BCUT2D eigenvalue weighted by Crippen LogP contribution is 2.28. The van der Waals surface area contributed by atoms with Crippen molar-refractivity contribution in [2.24, 2.45) is 0 Å². The third kappa shape index (κ3) is 3.65. The van der Waals surface area contributed by atoms with Gasteiger partial charge in [-0.1, -0.05) is 30.3 Å². The maximum absolute atomic E-state index is 6.07. The predicted molar refractivity (Wildman–Crippen MR) is 74.1 cm³/mol. The van der Waals surface area contributed by atoms with Crippen molar-refractivity contribution < 1.29 is 4.42 Å². The Balaban J connectivity index is 2.01. The van der Waals surface area contributed by atoms with Crippen LogP contribution in [0.5, 0.6) is 0 Å². The Labute approximate surface area is 115 Å². The largest absolute Gasteiger partial charge is 0.468 e. The molecule has 0 radical (unpaired) electrons. The molecular weight excluding hydrogens is 270 g/mol. The molecule has 1 N–H and O–H groups in total. The van der Waals surface area contributed by atoms with E-state index in [0.29, 0.717) is 16.7 Å². The van der Waals surface area contributed by atoms with E-state index in [4.69, 9.17) is 16.0 Å². The van der Waals surface area contributed by atoms with Gasteiger partial charge in [0.1, 0.15) is 10.8 Å². The Bertz CT molecular complexity index is 490. The van der Waals surface area contributed by atoms with E-state index < -0.39 is 0 Å². The summed E-state index contributed by atoms with van der Waals surface area (Å²) in [4.78, 5) is 8.51. The van der Waals surface area contributed by atoms with Crippen LogP contribution in [0.3, 0.4) is 0 Å². The van der Waals surface area contributed by atoms with Crippen LogP contribution in [0, 0.1) is 0 Å². The number of thioether (sulfide) groups is 1. The van der Waals surface area contributed by atoms with E-state index in [1.54, 1.807) is 12.5 Å². The van der Waals surface area contributed by atoms with Crippen LogP contribution in [-0.4, -0.2) is 16.5 Å². The van der Waals surface area contributed by atoms with E-state index >= 15 is 0 Å². The first-order valence-electron chi connectivity index (χ1n) is 5.71. The van der Waals surface area contributed by atoms with Gasteiger partial charge in [0.2, 0.25) is 5.95 Å². The molecule has 6 heteroatoms. The minimum Gasteiger partial charge on any atom is -0.468 e. The lowest BCUT2D eigenvalue weighted by atomic mass is 10.5. The highest BCUT2D eigenvalue weighted by Gasteiger charge is 2.07. The van der Waals surface area contributed by atoms with E-state index in [0.717, 1.165) is 23.8 Å². The van der Waals surface area contributed by atoms with Gasteiger partial charge in [-0.15, -0.1) is 0 Å². The summed E-state index contributed by atoms with van der Waals surface area (Å²) in [5, 5.41) is 4.47. The fourth-order valence-corrected chi connectivity index (χ4v) is 2.35. The van der Waals surface area contributed by atoms with Gasteiger partial charge in [0.05, 0.1) is 23.2 Å². The number of hydrogen-bond acceptors (Lipinski definition) is 5. The molecule has 2 rings (SSSR count). The number of nitrogens with zero attached hydrogens (tertiary/aromatic N) is 2. The van der Waals surface area contributed by atoms with Gasteiger partial charge in [0.25, 0.3) is 0 Å². The molecule has 0 bridgehead atoms. The Morgan fingerprint density at radius 1 is 1.50 bits per heavy atom. The molecule has 0 saturated carbocycles. The van der Waals surface area contributed by atoms with Gasteiger partial charge in [-0.3, -0.25) is 0 Å². The van der Waals surface area contributed by atoms with Crippen molar-refractivity contribution in [1.29, 1.82) is 0 Å². The van der Waals surface area contributed by atoms with Crippen LogP contribution in [0.15, 0.2) is 34.0 Å². The fourth-order valence-electron chi connectivity index (χ4n) is 1.31. The average Bonchev–Trinajstić information content (AvgIpc) is 2.89. The number of nitrogens with one attached hydrogen (secondary N) is 1. The highest BCUT2D eigenvalue weighted by atomic mass is 35.5. The highest BCUT2D eigenvalue weighted by molar-refractivity contribution is 7.98. The Kier molecular flexibility index (Phi) is 4.90. The minimum atomic E-state index is 0.564. The summed E-state index contributed by atoms with van der Waals surface area (Å²) in [7, 11) is 0. The normalized spacial score (nSPS) is 10.6. The molecule has 0 aliphatic heterocycles. The monoisotopic (exact) mass is 283 g/mol. The van der Waals surface area contributed by atoms with Crippen molar-refractivity contribution in [2.45, 2.75) is 24.1 Å². The molecule has 96 valence electrons. The zero-order valence-electron chi connectivity index (χ0n) is 10.0. The molecule has 0 saturated heterocycles. The number of anilines is 1. The number of hydrogen-bond donors (Lipinski definition) is 1. The van der Waals surface area contributed by atoms with Gasteiger partial charge in [-0.2, -0.15) is 0 Å². The maximum atomic E-state index is 6.07. The van der Waals surface area contributed by atoms with Gasteiger partial charge in [0.15, 0.2) is 0 Å².